The van der Waals surface area contributed by atoms with Gasteiger partial charge in [-0.3, -0.25) is 4.90 Å². The third-order valence-corrected chi connectivity index (χ3v) is 3.84. The molecule has 5 heteroatoms. The minimum atomic E-state index is 0.258. The average molecular weight is 299 g/mol. The summed E-state index contributed by atoms with van der Waals surface area (Å²) in [5.74, 6) is 0.863. The second-order valence-electron chi connectivity index (χ2n) is 4.97. The zero-order valence-corrected chi connectivity index (χ0v) is 12.9. The lowest BCUT2D eigenvalue weighted by Gasteiger charge is -2.32. The topological polar surface area (TPSA) is 33.7 Å². The SMILES string of the molecule is CCN1CCOC(CNCc2cc(Cl)ccc2OC)C1. The van der Waals surface area contributed by atoms with Gasteiger partial charge in [-0.1, -0.05) is 18.5 Å². The van der Waals surface area contributed by atoms with E-state index >= 15 is 0 Å². The van der Waals surface area contributed by atoms with Crippen molar-refractivity contribution in [2.75, 3.05) is 39.9 Å². The molecule has 0 saturated carbocycles. The lowest BCUT2D eigenvalue weighted by atomic mass is 10.2. The van der Waals surface area contributed by atoms with E-state index in [-0.39, 0.29) is 6.10 Å². The molecular weight excluding hydrogens is 276 g/mol. The van der Waals surface area contributed by atoms with Gasteiger partial charge in [-0.15, -0.1) is 0 Å². The molecule has 1 aromatic rings. The number of nitrogens with zero attached hydrogens (tertiary/aromatic N) is 1. The lowest BCUT2D eigenvalue weighted by Crippen LogP contribution is -2.46. The number of benzene rings is 1. The van der Waals surface area contributed by atoms with E-state index in [4.69, 9.17) is 21.1 Å². The quantitative estimate of drug-likeness (QED) is 0.873. The largest absolute Gasteiger partial charge is 0.496 e. The third-order valence-electron chi connectivity index (χ3n) is 3.60. The first-order valence-electron chi connectivity index (χ1n) is 7.10. The van der Waals surface area contributed by atoms with Gasteiger partial charge in [0.15, 0.2) is 0 Å². The summed E-state index contributed by atoms with van der Waals surface area (Å²) in [5.41, 5.74) is 1.07. The number of morpholine rings is 1. The van der Waals surface area contributed by atoms with Crippen LogP contribution in [0, 0.1) is 0 Å². The van der Waals surface area contributed by atoms with Crippen LogP contribution in [0.3, 0.4) is 0 Å². The number of methoxy groups -OCH3 is 1. The van der Waals surface area contributed by atoms with Crippen molar-refractivity contribution >= 4 is 11.6 Å². The first kappa shape index (κ1) is 15.6. The van der Waals surface area contributed by atoms with E-state index in [1.807, 2.05) is 18.2 Å². The molecule has 1 atom stereocenters. The molecule has 0 amide bonds. The molecule has 0 aromatic heterocycles. The van der Waals surface area contributed by atoms with E-state index in [9.17, 15) is 0 Å². The highest BCUT2D eigenvalue weighted by Gasteiger charge is 2.18. The van der Waals surface area contributed by atoms with Crippen LogP contribution in [0.2, 0.25) is 5.02 Å². The highest BCUT2D eigenvalue weighted by molar-refractivity contribution is 6.30. The van der Waals surface area contributed by atoms with Crippen LogP contribution in [0.25, 0.3) is 0 Å². The molecule has 2 rings (SSSR count). The fourth-order valence-corrected chi connectivity index (χ4v) is 2.64. The maximum Gasteiger partial charge on any atom is 0.123 e. The van der Waals surface area contributed by atoms with Crippen molar-refractivity contribution in [3.05, 3.63) is 28.8 Å². The summed E-state index contributed by atoms with van der Waals surface area (Å²) in [6.45, 7) is 7.70. The Morgan fingerprint density at radius 1 is 1.50 bits per heavy atom. The molecule has 1 heterocycles. The number of ether oxygens (including phenoxy) is 2. The van der Waals surface area contributed by atoms with Gasteiger partial charge in [0, 0.05) is 36.8 Å². The predicted octanol–water partition coefficient (Wildman–Crippen LogP) is 2.16. The van der Waals surface area contributed by atoms with Crippen molar-refractivity contribution in [2.45, 2.75) is 19.6 Å². The maximum atomic E-state index is 6.02. The summed E-state index contributed by atoms with van der Waals surface area (Å²) >= 11 is 6.02. The Bertz CT molecular complexity index is 428. The normalized spacial score (nSPS) is 20.1. The molecule has 20 heavy (non-hydrogen) atoms. The van der Waals surface area contributed by atoms with Gasteiger partial charge < -0.3 is 14.8 Å². The molecule has 1 saturated heterocycles. The van der Waals surface area contributed by atoms with Crippen molar-refractivity contribution < 1.29 is 9.47 Å². The molecular formula is C15H23ClN2O2. The van der Waals surface area contributed by atoms with Crippen LogP contribution in [0.5, 0.6) is 5.75 Å². The van der Waals surface area contributed by atoms with Gasteiger partial charge in [0.25, 0.3) is 0 Å². The summed E-state index contributed by atoms with van der Waals surface area (Å²) in [6, 6.07) is 5.68. The van der Waals surface area contributed by atoms with Crippen LogP contribution in [0.1, 0.15) is 12.5 Å². The van der Waals surface area contributed by atoms with Crippen LogP contribution >= 0.6 is 11.6 Å². The number of nitrogens with one attached hydrogen (secondary N) is 1. The molecule has 1 N–H and O–H groups in total. The minimum absolute atomic E-state index is 0.258. The molecule has 1 unspecified atom stereocenters. The van der Waals surface area contributed by atoms with E-state index in [1.165, 1.54) is 0 Å². The maximum absolute atomic E-state index is 6.02. The molecule has 0 bridgehead atoms. The van der Waals surface area contributed by atoms with Crippen LogP contribution < -0.4 is 10.1 Å². The monoisotopic (exact) mass is 298 g/mol. The second kappa shape index (κ2) is 7.84. The molecule has 1 aliphatic rings. The fourth-order valence-electron chi connectivity index (χ4n) is 2.44. The van der Waals surface area contributed by atoms with Crippen molar-refractivity contribution in [2.24, 2.45) is 0 Å². The molecule has 1 fully saturated rings. The zero-order valence-electron chi connectivity index (χ0n) is 12.2. The number of rotatable bonds is 6. The van der Waals surface area contributed by atoms with Gasteiger partial charge in [-0.05, 0) is 24.7 Å². The molecule has 1 aliphatic heterocycles. The summed E-state index contributed by atoms with van der Waals surface area (Å²) in [4.78, 5) is 2.41. The Morgan fingerprint density at radius 2 is 2.35 bits per heavy atom. The van der Waals surface area contributed by atoms with Gasteiger partial charge >= 0.3 is 0 Å². The Balaban J connectivity index is 1.82. The van der Waals surface area contributed by atoms with Crippen molar-refractivity contribution in [1.82, 2.24) is 10.2 Å². The van der Waals surface area contributed by atoms with E-state index in [1.54, 1.807) is 7.11 Å². The van der Waals surface area contributed by atoms with E-state index < -0.39 is 0 Å². The third kappa shape index (κ3) is 4.35. The fraction of sp³-hybridized carbons (Fsp3) is 0.600. The van der Waals surface area contributed by atoms with E-state index in [0.29, 0.717) is 0 Å². The van der Waals surface area contributed by atoms with Gasteiger partial charge in [0.2, 0.25) is 0 Å². The predicted molar refractivity (Wildman–Crippen MR) is 81.6 cm³/mol. The number of hydrogen-bond acceptors (Lipinski definition) is 4. The minimum Gasteiger partial charge on any atom is -0.496 e. The number of likely N-dealkylation sites (N-methyl/N-ethyl adjacent to an activating group) is 1. The van der Waals surface area contributed by atoms with Crippen LogP contribution in [-0.4, -0.2) is 50.9 Å². The zero-order chi connectivity index (χ0) is 14.4. The molecule has 0 spiro atoms. The summed E-state index contributed by atoms with van der Waals surface area (Å²) in [5, 5.41) is 4.16. The van der Waals surface area contributed by atoms with Crippen LogP contribution in [-0.2, 0) is 11.3 Å². The smallest absolute Gasteiger partial charge is 0.123 e. The molecule has 4 nitrogen and oxygen atoms in total. The molecule has 112 valence electrons. The first-order valence-corrected chi connectivity index (χ1v) is 7.47. The molecule has 0 aliphatic carbocycles. The second-order valence-corrected chi connectivity index (χ2v) is 5.41. The average Bonchev–Trinajstić information content (AvgIpc) is 2.48. The van der Waals surface area contributed by atoms with Gasteiger partial charge in [-0.25, -0.2) is 0 Å². The number of halogens is 1. The van der Waals surface area contributed by atoms with E-state index in [2.05, 4.69) is 17.1 Å². The first-order chi connectivity index (χ1) is 9.72. The Kier molecular flexibility index (Phi) is 6.10. The summed E-state index contributed by atoms with van der Waals surface area (Å²) in [7, 11) is 1.68. The van der Waals surface area contributed by atoms with E-state index in [0.717, 1.165) is 55.7 Å². The van der Waals surface area contributed by atoms with Crippen molar-refractivity contribution in [1.29, 1.82) is 0 Å². The number of hydrogen-bond donors (Lipinski definition) is 1. The van der Waals surface area contributed by atoms with Crippen molar-refractivity contribution in [3.8, 4) is 5.75 Å². The molecule has 0 radical (unpaired) electrons. The Morgan fingerprint density at radius 3 is 3.10 bits per heavy atom. The van der Waals surface area contributed by atoms with Crippen LogP contribution in [0.15, 0.2) is 18.2 Å². The van der Waals surface area contributed by atoms with Gasteiger partial charge in [0.1, 0.15) is 5.75 Å². The summed E-state index contributed by atoms with van der Waals surface area (Å²) in [6.07, 6.45) is 0.258. The lowest BCUT2D eigenvalue weighted by molar-refractivity contribution is -0.0253. The van der Waals surface area contributed by atoms with Gasteiger partial charge in [0.05, 0.1) is 19.8 Å². The molecule has 1 aromatic carbocycles. The van der Waals surface area contributed by atoms with Crippen LogP contribution in [0.4, 0.5) is 0 Å². The summed E-state index contributed by atoms with van der Waals surface area (Å²) < 4.78 is 11.1. The Hall–Kier alpha value is -0.810. The highest BCUT2D eigenvalue weighted by atomic mass is 35.5. The highest BCUT2D eigenvalue weighted by Crippen LogP contribution is 2.22. The standard InChI is InChI=1S/C15H23ClN2O2/c1-3-18-6-7-20-14(11-18)10-17-9-12-8-13(16)4-5-15(12)19-2/h4-5,8,14,17H,3,6-7,9-11H2,1-2H3. The van der Waals surface area contributed by atoms with Crippen molar-refractivity contribution in [3.63, 3.8) is 0 Å². The Labute approximate surface area is 126 Å². The van der Waals surface area contributed by atoms with Gasteiger partial charge in [-0.2, -0.15) is 0 Å².